The van der Waals surface area contributed by atoms with Gasteiger partial charge in [0, 0.05) is 29.9 Å². The van der Waals surface area contributed by atoms with Crippen molar-refractivity contribution in [3.05, 3.63) is 82.9 Å². The minimum atomic E-state index is -0.761. The monoisotopic (exact) mass is 388 g/mol. The molecule has 1 heterocycles. The second-order valence-corrected chi connectivity index (χ2v) is 8.38. The van der Waals surface area contributed by atoms with Crippen molar-refractivity contribution in [1.29, 1.82) is 0 Å². The number of aromatic nitrogens is 2. The first-order valence-electron chi connectivity index (χ1n) is 10.4. The molecule has 150 valence electrons. The third kappa shape index (κ3) is 3.71. The molecule has 0 saturated heterocycles. The van der Waals surface area contributed by atoms with Crippen LogP contribution in [0.5, 0.6) is 5.75 Å². The van der Waals surface area contributed by atoms with Crippen molar-refractivity contribution in [2.24, 2.45) is 5.92 Å². The van der Waals surface area contributed by atoms with Gasteiger partial charge < -0.3 is 9.72 Å². The number of ketones is 1. The maximum absolute atomic E-state index is 12.5. The van der Waals surface area contributed by atoms with Crippen LogP contribution < -0.4 is 4.74 Å². The van der Waals surface area contributed by atoms with Crippen LogP contribution in [0.4, 0.5) is 0 Å². The molecule has 0 saturated carbocycles. The van der Waals surface area contributed by atoms with Crippen molar-refractivity contribution < 1.29 is 9.53 Å². The number of aromatic amines is 1. The fraction of sp³-hybridized carbons (Fsp3) is 0.360. The quantitative estimate of drug-likeness (QED) is 0.609. The summed E-state index contributed by atoms with van der Waals surface area (Å²) in [5.74, 6) is 2.31. The molecule has 1 aliphatic rings. The Labute approximate surface area is 172 Å². The van der Waals surface area contributed by atoms with E-state index in [2.05, 4.69) is 35.9 Å². The highest BCUT2D eigenvalue weighted by molar-refractivity contribution is 5.99. The lowest BCUT2D eigenvalue weighted by molar-refractivity contribution is 0.0971. The van der Waals surface area contributed by atoms with E-state index in [1.807, 2.05) is 43.5 Å². The lowest BCUT2D eigenvalue weighted by atomic mass is 9.84. The summed E-state index contributed by atoms with van der Waals surface area (Å²) in [4.78, 5) is 20.2. The molecule has 1 aliphatic carbocycles. The highest BCUT2D eigenvalue weighted by Gasteiger charge is 2.35. The van der Waals surface area contributed by atoms with Gasteiger partial charge in [0.2, 0.25) is 0 Å². The zero-order chi connectivity index (χ0) is 20.4. The summed E-state index contributed by atoms with van der Waals surface area (Å²) in [7, 11) is 0. The van der Waals surface area contributed by atoms with Gasteiger partial charge in [-0.15, -0.1) is 0 Å². The number of nitrogens with zero attached hydrogens (tertiary/aromatic N) is 1. The molecule has 0 aliphatic heterocycles. The predicted molar refractivity (Wildman–Crippen MR) is 114 cm³/mol. The van der Waals surface area contributed by atoms with Crippen molar-refractivity contribution >= 4 is 5.78 Å². The molecule has 1 N–H and O–H groups in total. The minimum absolute atomic E-state index is 0.250. The Hall–Kier alpha value is -2.88. The maximum atomic E-state index is 12.5. The number of fused-ring (bicyclic) bond motifs is 1. The number of carbonyl (C=O) groups is 1. The molecule has 0 bridgehead atoms. The van der Waals surface area contributed by atoms with Crippen LogP contribution >= 0.6 is 0 Å². The number of imidazole rings is 1. The number of hydrogen-bond donors (Lipinski definition) is 1. The standard InChI is InChI=1S/C25H28N2O2/c1-17(2)16-21-19-10-7-11-22(28)20(19)12-13-23(21)29-25(3,24-26-14-15-27-24)18-8-5-4-6-9-18/h4-6,8-9,12-15,17H,7,10-11,16H2,1-3H3,(H,26,27)/t25-/m0/s1. The van der Waals surface area contributed by atoms with E-state index in [-0.39, 0.29) is 5.78 Å². The number of hydrogen-bond acceptors (Lipinski definition) is 3. The van der Waals surface area contributed by atoms with Crippen LogP contribution in [0.3, 0.4) is 0 Å². The number of carbonyl (C=O) groups excluding carboxylic acids is 1. The normalized spacial score (nSPS) is 15.8. The van der Waals surface area contributed by atoms with Crippen LogP contribution in [-0.4, -0.2) is 15.8 Å². The topological polar surface area (TPSA) is 55.0 Å². The number of ether oxygens (including phenoxy) is 1. The number of benzene rings is 2. The van der Waals surface area contributed by atoms with Gasteiger partial charge in [0.15, 0.2) is 17.2 Å². The van der Waals surface area contributed by atoms with Gasteiger partial charge in [0.25, 0.3) is 0 Å². The first-order chi connectivity index (χ1) is 14.0. The number of nitrogens with one attached hydrogen (secondary N) is 1. The van der Waals surface area contributed by atoms with E-state index in [0.717, 1.165) is 42.0 Å². The fourth-order valence-corrected chi connectivity index (χ4v) is 4.25. The minimum Gasteiger partial charge on any atom is -0.475 e. The van der Waals surface area contributed by atoms with E-state index >= 15 is 0 Å². The van der Waals surface area contributed by atoms with E-state index in [1.165, 1.54) is 11.1 Å². The smallest absolute Gasteiger partial charge is 0.188 e. The molecule has 0 amide bonds. The van der Waals surface area contributed by atoms with E-state index in [4.69, 9.17) is 4.74 Å². The molecular formula is C25H28N2O2. The average molecular weight is 389 g/mol. The summed E-state index contributed by atoms with van der Waals surface area (Å²) in [6.45, 7) is 6.46. The van der Waals surface area contributed by atoms with Gasteiger partial charge in [0.1, 0.15) is 5.75 Å². The average Bonchev–Trinajstić information content (AvgIpc) is 3.26. The second-order valence-electron chi connectivity index (χ2n) is 8.38. The van der Waals surface area contributed by atoms with Gasteiger partial charge in [-0.05, 0) is 55.4 Å². The predicted octanol–water partition coefficient (Wildman–Crippen LogP) is 5.47. The summed E-state index contributed by atoms with van der Waals surface area (Å²) in [5.41, 5.74) is 3.48. The second kappa shape index (κ2) is 7.86. The van der Waals surface area contributed by atoms with E-state index in [9.17, 15) is 4.79 Å². The number of rotatable bonds is 6. The van der Waals surface area contributed by atoms with Gasteiger partial charge in [-0.1, -0.05) is 44.2 Å². The fourth-order valence-electron chi connectivity index (χ4n) is 4.25. The molecule has 0 fully saturated rings. The molecule has 3 aromatic rings. The Morgan fingerprint density at radius 1 is 1.14 bits per heavy atom. The molecule has 0 spiro atoms. The molecule has 0 radical (unpaired) electrons. The SMILES string of the molecule is CC(C)Cc1c(O[C@@](C)(c2ccccc2)c2ncc[nH]2)ccc2c1CCCC2=O. The maximum Gasteiger partial charge on any atom is 0.188 e. The molecule has 0 unspecified atom stereocenters. The summed E-state index contributed by atoms with van der Waals surface area (Å²) in [6, 6.07) is 14.1. The van der Waals surface area contributed by atoms with Crippen molar-refractivity contribution in [1.82, 2.24) is 9.97 Å². The number of H-pyrrole nitrogens is 1. The van der Waals surface area contributed by atoms with Crippen LogP contribution in [0.25, 0.3) is 0 Å². The van der Waals surface area contributed by atoms with Gasteiger partial charge in [-0.25, -0.2) is 4.98 Å². The number of Topliss-reactive ketones (excluding diaryl/α,β-unsaturated/α-hetero) is 1. The Morgan fingerprint density at radius 3 is 2.62 bits per heavy atom. The third-order valence-corrected chi connectivity index (χ3v) is 5.72. The van der Waals surface area contributed by atoms with Crippen LogP contribution in [0, 0.1) is 5.92 Å². The van der Waals surface area contributed by atoms with Gasteiger partial charge >= 0.3 is 0 Å². The Kier molecular flexibility index (Phi) is 5.27. The van der Waals surface area contributed by atoms with Crippen molar-refractivity contribution in [2.45, 2.75) is 52.1 Å². The summed E-state index contributed by atoms with van der Waals surface area (Å²) < 4.78 is 6.76. The Morgan fingerprint density at radius 2 is 1.93 bits per heavy atom. The van der Waals surface area contributed by atoms with Gasteiger partial charge in [-0.2, -0.15) is 0 Å². The van der Waals surface area contributed by atoms with Crippen molar-refractivity contribution in [3.8, 4) is 5.75 Å². The van der Waals surface area contributed by atoms with Crippen molar-refractivity contribution in [3.63, 3.8) is 0 Å². The van der Waals surface area contributed by atoms with Gasteiger partial charge in [-0.3, -0.25) is 4.79 Å². The first-order valence-corrected chi connectivity index (χ1v) is 10.4. The highest BCUT2D eigenvalue weighted by atomic mass is 16.5. The summed E-state index contributed by atoms with van der Waals surface area (Å²) in [5, 5.41) is 0. The Bertz CT molecular complexity index is 993. The van der Waals surface area contributed by atoms with Crippen LogP contribution in [0.15, 0.2) is 54.9 Å². The molecule has 4 heteroatoms. The lowest BCUT2D eigenvalue weighted by Gasteiger charge is -2.32. The van der Waals surface area contributed by atoms with Crippen LogP contribution in [0.2, 0.25) is 0 Å². The highest BCUT2D eigenvalue weighted by Crippen LogP contribution is 2.38. The first kappa shape index (κ1) is 19.4. The zero-order valence-electron chi connectivity index (χ0n) is 17.4. The molecular weight excluding hydrogens is 360 g/mol. The van der Waals surface area contributed by atoms with E-state index < -0.39 is 5.60 Å². The third-order valence-electron chi connectivity index (χ3n) is 5.72. The lowest BCUT2D eigenvalue weighted by Crippen LogP contribution is -2.33. The summed E-state index contributed by atoms with van der Waals surface area (Å²) in [6.07, 6.45) is 6.94. The molecule has 4 rings (SSSR count). The Balaban J connectivity index is 1.84. The largest absolute Gasteiger partial charge is 0.475 e. The van der Waals surface area contributed by atoms with E-state index in [1.54, 1.807) is 6.20 Å². The van der Waals surface area contributed by atoms with E-state index in [0.29, 0.717) is 12.3 Å². The molecule has 2 aromatic carbocycles. The molecule has 29 heavy (non-hydrogen) atoms. The van der Waals surface area contributed by atoms with Gasteiger partial charge in [0.05, 0.1) is 0 Å². The van der Waals surface area contributed by atoms with Crippen LogP contribution in [-0.2, 0) is 18.4 Å². The molecule has 1 aromatic heterocycles. The summed E-state index contributed by atoms with van der Waals surface area (Å²) >= 11 is 0. The zero-order valence-corrected chi connectivity index (χ0v) is 17.4. The molecule has 1 atom stereocenters. The van der Waals surface area contributed by atoms with Crippen molar-refractivity contribution in [2.75, 3.05) is 0 Å². The van der Waals surface area contributed by atoms with Crippen LogP contribution in [0.1, 0.15) is 66.5 Å². The molecule has 4 nitrogen and oxygen atoms in total.